The zero-order valence-corrected chi connectivity index (χ0v) is 15.4. The van der Waals surface area contributed by atoms with Crippen LogP contribution in [0.4, 0.5) is 8.78 Å². The smallest absolute Gasteiger partial charge is 0.127 e. The molecule has 2 heterocycles. The van der Waals surface area contributed by atoms with Gasteiger partial charge in [-0.15, -0.1) is 24.8 Å². The third-order valence-corrected chi connectivity index (χ3v) is 4.94. The molecule has 0 N–H and O–H groups in total. The molecule has 0 bridgehead atoms. The molecule has 2 aromatic carbocycles. The van der Waals surface area contributed by atoms with Crippen LogP contribution >= 0.6 is 24.8 Å². The van der Waals surface area contributed by atoms with E-state index in [0.717, 1.165) is 11.1 Å². The Morgan fingerprint density at radius 1 is 0.640 bits per heavy atom. The van der Waals surface area contributed by atoms with Crippen LogP contribution in [0.3, 0.4) is 0 Å². The summed E-state index contributed by atoms with van der Waals surface area (Å²) in [4.78, 5) is 4.27. The summed E-state index contributed by atoms with van der Waals surface area (Å²) in [6, 6.07) is 20.2. The summed E-state index contributed by atoms with van der Waals surface area (Å²) in [5, 5.41) is 0. The molecule has 6 heteroatoms. The number of halogens is 4. The fraction of sp³-hybridized carbons (Fsp3) is 0.368. The van der Waals surface area contributed by atoms with Gasteiger partial charge in [-0.2, -0.15) is 0 Å². The van der Waals surface area contributed by atoms with Crippen molar-refractivity contribution < 1.29 is 8.78 Å². The molecule has 25 heavy (non-hydrogen) atoms. The lowest BCUT2D eigenvalue weighted by molar-refractivity contribution is -0.143. The highest BCUT2D eigenvalue weighted by Gasteiger charge is 2.53. The molecule has 2 aliphatic rings. The van der Waals surface area contributed by atoms with E-state index < -0.39 is 18.0 Å². The van der Waals surface area contributed by atoms with E-state index in [4.69, 9.17) is 0 Å². The van der Waals surface area contributed by atoms with Crippen LogP contribution in [0, 0.1) is 0 Å². The Kier molecular flexibility index (Phi) is 6.44. The summed E-state index contributed by atoms with van der Waals surface area (Å²) in [7, 11) is 0. The zero-order valence-electron chi connectivity index (χ0n) is 13.7. The summed E-state index contributed by atoms with van der Waals surface area (Å²) in [5.41, 5.74) is 1.57. The van der Waals surface area contributed by atoms with Crippen molar-refractivity contribution in [1.29, 1.82) is 0 Å². The highest BCUT2D eigenvalue weighted by Crippen LogP contribution is 2.45. The second kappa shape index (κ2) is 8.00. The summed E-state index contributed by atoms with van der Waals surface area (Å²) >= 11 is 0. The van der Waals surface area contributed by atoms with Crippen LogP contribution in [-0.2, 0) is 5.66 Å². The third kappa shape index (κ3) is 3.28. The lowest BCUT2D eigenvalue weighted by Gasteiger charge is -2.59. The van der Waals surface area contributed by atoms with Gasteiger partial charge < -0.3 is 0 Å². The highest BCUT2D eigenvalue weighted by atomic mass is 35.5. The van der Waals surface area contributed by atoms with Crippen LogP contribution < -0.4 is 0 Å². The number of alkyl halides is 2. The molecule has 2 fully saturated rings. The molecule has 0 radical (unpaired) electrons. The van der Waals surface area contributed by atoms with Crippen molar-refractivity contribution in [1.82, 2.24) is 9.80 Å². The predicted octanol–water partition coefficient (Wildman–Crippen LogP) is 4.04. The number of benzene rings is 2. The Hall–Kier alpha value is -1.20. The number of hydrogen-bond acceptors (Lipinski definition) is 2. The van der Waals surface area contributed by atoms with Gasteiger partial charge >= 0.3 is 0 Å². The van der Waals surface area contributed by atoms with E-state index in [1.54, 1.807) is 0 Å². The van der Waals surface area contributed by atoms with Crippen LogP contribution in [0.5, 0.6) is 0 Å². The molecule has 0 aliphatic carbocycles. The van der Waals surface area contributed by atoms with Gasteiger partial charge in [-0.05, 0) is 11.1 Å². The summed E-state index contributed by atoms with van der Waals surface area (Å²) in [6.07, 6.45) is -1.60. The first-order valence-corrected chi connectivity index (χ1v) is 8.10. The topological polar surface area (TPSA) is 6.48 Å². The standard InChI is InChI=1S/C19H20F2N2.2ClH/c20-17-11-22(12-17)19(23-13-18(21)14-23,15-7-3-1-4-8-15)16-9-5-2-6-10-16;;/h1-10,17-18H,11-14H2;2*1H. The molecule has 0 spiro atoms. The van der Waals surface area contributed by atoms with Crippen molar-refractivity contribution in [3.63, 3.8) is 0 Å². The fourth-order valence-electron chi connectivity index (χ4n) is 3.82. The lowest BCUT2D eigenvalue weighted by atomic mass is 9.83. The zero-order chi connectivity index (χ0) is 15.9. The van der Waals surface area contributed by atoms with E-state index in [2.05, 4.69) is 34.1 Å². The van der Waals surface area contributed by atoms with E-state index in [1.165, 1.54) is 0 Å². The molecule has 0 amide bonds. The Labute approximate surface area is 159 Å². The first-order valence-electron chi connectivity index (χ1n) is 8.10. The van der Waals surface area contributed by atoms with Crippen molar-refractivity contribution in [3.8, 4) is 0 Å². The number of rotatable bonds is 4. The molecule has 0 unspecified atom stereocenters. The van der Waals surface area contributed by atoms with Crippen LogP contribution in [0.25, 0.3) is 0 Å². The maximum atomic E-state index is 13.7. The van der Waals surface area contributed by atoms with Gasteiger partial charge in [0.05, 0.1) is 0 Å². The van der Waals surface area contributed by atoms with Crippen LogP contribution in [0.2, 0.25) is 0 Å². The minimum atomic E-state index is -0.802. The summed E-state index contributed by atoms with van der Waals surface area (Å²) in [5.74, 6) is 0. The molecule has 4 rings (SSSR count). The molecule has 0 atom stereocenters. The minimum Gasteiger partial charge on any atom is -0.272 e. The maximum absolute atomic E-state index is 13.7. The van der Waals surface area contributed by atoms with Crippen LogP contribution in [0.1, 0.15) is 11.1 Å². The van der Waals surface area contributed by atoms with Gasteiger partial charge in [-0.1, -0.05) is 60.7 Å². The maximum Gasteiger partial charge on any atom is 0.127 e. The van der Waals surface area contributed by atoms with E-state index in [9.17, 15) is 8.78 Å². The first kappa shape index (κ1) is 20.1. The second-order valence-electron chi connectivity index (χ2n) is 6.41. The van der Waals surface area contributed by atoms with Crippen LogP contribution in [0.15, 0.2) is 60.7 Å². The van der Waals surface area contributed by atoms with Gasteiger partial charge in [-0.3, -0.25) is 9.80 Å². The average Bonchev–Trinajstić information content (AvgIpc) is 2.54. The SMILES string of the molecule is Cl.Cl.FC1CN(C(c2ccccc2)(c2ccccc2)N2CC(F)C2)C1. The molecular formula is C19H22Cl2F2N2. The quantitative estimate of drug-likeness (QED) is 0.782. The fourth-order valence-corrected chi connectivity index (χ4v) is 3.82. The number of hydrogen-bond donors (Lipinski definition) is 0. The van der Waals surface area contributed by atoms with Crippen LogP contribution in [-0.4, -0.2) is 48.3 Å². The predicted molar refractivity (Wildman–Crippen MR) is 101 cm³/mol. The molecule has 2 aromatic rings. The lowest BCUT2D eigenvalue weighted by Crippen LogP contribution is -2.71. The Balaban J connectivity index is 0.00000113. The molecular weight excluding hydrogens is 365 g/mol. The van der Waals surface area contributed by atoms with E-state index >= 15 is 0 Å². The highest BCUT2D eigenvalue weighted by molar-refractivity contribution is 5.85. The molecule has 2 aliphatic heterocycles. The van der Waals surface area contributed by atoms with Gasteiger partial charge in [0, 0.05) is 26.2 Å². The van der Waals surface area contributed by atoms with Gasteiger partial charge in [-0.25, -0.2) is 8.78 Å². The first-order chi connectivity index (χ1) is 11.2. The van der Waals surface area contributed by atoms with Gasteiger partial charge in [0.15, 0.2) is 0 Å². The second-order valence-corrected chi connectivity index (χ2v) is 6.41. The summed E-state index contributed by atoms with van der Waals surface area (Å²) < 4.78 is 27.3. The van der Waals surface area contributed by atoms with Crippen molar-refractivity contribution >= 4 is 24.8 Å². The van der Waals surface area contributed by atoms with Crippen molar-refractivity contribution in [2.24, 2.45) is 0 Å². The number of likely N-dealkylation sites (tertiary alicyclic amines) is 2. The Morgan fingerprint density at radius 2 is 0.960 bits per heavy atom. The Bertz CT molecular complexity index is 600. The molecule has 136 valence electrons. The van der Waals surface area contributed by atoms with Gasteiger partial charge in [0.2, 0.25) is 0 Å². The normalized spacial score (nSPS) is 19.3. The van der Waals surface area contributed by atoms with Gasteiger partial charge in [0.25, 0.3) is 0 Å². The van der Waals surface area contributed by atoms with Crippen molar-refractivity contribution in [2.75, 3.05) is 26.2 Å². The van der Waals surface area contributed by atoms with Crippen molar-refractivity contribution in [3.05, 3.63) is 71.8 Å². The van der Waals surface area contributed by atoms with Gasteiger partial charge in [0.1, 0.15) is 18.0 Å². The van der Waals surface area contributed by atoms with E-state index in [1.807, 2.05) is 36.4 Å². The van der Waals surface area contributed by atoms with E-state index in [-0.39, 0.29) is 24.8 Å². The monoisotopic (exact) mass is 386 g/mol. The minimum absolute atomic E-state index is 0. The largest absolute Gasteiger partial charge is 0.272 e. The molecule has 0 saturated carbocycles. The Morgan fingerprint density at radius 3 is 1.24 bits per heavy atom. The summed E-state index contributed by atoms with van der Waals surface area (Å²) in [6.45, 7) is 1.54. The molecule has 2 nitrogen and oxygen atoms in total. The van der Waals surface area contributed by atoms with Crippen molar-refractivity contribution in [2.45, 2.75) is 18.0 Å². The van der Waals surface area contributed by atoms with E-state index in [0.29, 0.717) is 26.2 Å². The third-order valence-electron chi connectivity index (χ3n) is 4.94. The average molecular weight is 387 g/mol. The molecule has 2 saturated heterocycles. The number of nitrogens with zero attached hydrogens (tertiary/aromatic N) is 2. The molecule has 0 aromatic heterocycles.